The van der Waals surface area contributed by atoms with Crippen LogP contribution in [-0.2, 0) is 9.63 Å². The molecular weight excluding hydrogens is 566 g/mol. The summed E-state index contributed by atoms with van der Waals surface area (Å²) in [5.74, 6) is 1.75. The Bertz CT molecular complexity index is 1390. The molecule has 3 heterocycles. The first-order valence-electron chi connectivity index (χ1n) is 17.6. The zero-order valence-corrected chi connectivity index (χ0v) is 27.6. The number of rotatable bonds is 12. The zero-order chi connectivity index (χ0) is 31.5. The molecule has 246 valence electrons. The summed E-state index contributed by atoms with van der Waals surface area (Å²) >= 11 is 0. The number of carboxylic acids is 1. The standard InChI is InChI=1S/C36H53N5O4/c1-4-24-17-25-19-26(18-24)21-29(20-25)40-27-9-7-10-28(40)23-30(22-27)41-33-12-6-5-11-31(33)37-35(36(41)44)32(13-14-34(42)43)38-45-16-8-15-39(2)3/h5-6,11-12,24-30H,4,7-10,13-23H2,1-3H3,(H,42,43)/b38-32+. The summed E-state index contributed by atoms with van der Waals surface area (Å²) in [5, 5.41) is 13.8. The van der Waals surface area contributed by atoms with Crippen molar-refractivity contribution in [2.45, 2.75) is 121 Å². The fourth-order valence-electron chi connectivity index (χ4n) is 9.43. The smallest absolute Gasteiger partial charge is 0.303 e. The quantitative estimate of drug-likeness (QED) is 0.174. The van der Waals surface area contributed by atoms with Gasteiger partial charge in [0.05, 0.1) is 17.5 Å². The molecule has 4 unspecified atom stereocenters. The second-order valence-corrected chi connectivity index (χ2v) is 14.7. The number of aromatic nitrogens is 2. The minimum Gasteiger partial charge on any atom is -0.481 e. The van der Waals surface area contributed by atoms with E-state index >= 15 is 0 Å². The van der Waals surface area contributed by atoms with Crippen molar-refractivity contribution in [3.8, 4) is 0 Å². The molecule has 2 saturated heterocycles. The molecule has 1 aromatic heterocycles. The van der Waals surface area contributed by atoms with E-state index in [1.807, 2.05) is 42.9 Å². The third kappa shape index (κ3) is 7.30. The highest BCUT2D eigenvalue weighted by atomic mass is 16.6. The number of nitrogens with zero attached hydrogens (tertiary/aromatic N) is 5. The van der Waals surface area contributed by atoms with Gasteiger partial charge in [0.25, 0.3) is 5.56 Å². The van der Waals surface area contributed by atoms with Crippen molar-refractivity contribution in [2.24, 2.45) is 22.9 Å². The number of piperidine rings is 2. The summed E-state index contributed by atoms with van der Waals surface area (Å²) in [5.41, 5.74) is 1.96. The number of carboxylic acid groups (broad SMARTS) is 1. The lowest BCUT2D eigenvalue weighted by Gasteiger charge is -2.56. The van der Waals surface area contributed by atoms with E-state index in [-0.39, 0.29) is 30.1 Å². The molecule has 4 aliphatic rings. The fourth-order valence-corrected chi connectivity index (χ4v) is 9.43. The van der Waals surface area contributed by atoms with Gasteiger partial charge in [-0.05, 0) is 108 Å². The summed E-state index contributed by atoms with van der Waals surface area (Å²) in [4.78, 5) is 41.4. The van der Waals surface area contributed by atoms with Crippen molar-refractivity contribution < 1.29 is 14.7 Å². The predicted molar refractivity (Wildman–Crippen MR) is 178 cm³/mol. The van der Waals surface area contributed by atoms with Gasteiger partial charge in [-0.25, -0.2) is 4.98 Å². The number of benzene rings is 1. The summed E-state index contributed by atoms with van der Waals surface area (Å²) < 4.78 is 1.99. The molecule has 1 N–H and O–H groups in total. The lowest BCUT2D eigenvalue weighted by atomic mass is 9.64. The normalized spacial score (nSPS) is 30.5. The van der Waals surface area contributed by atoms with Gasteiger partial charge in [-0.1, -0.05) is 37.1 Å². The van der Waals surface area contributed by atoms with Crippen molar-refractivity contribution in [3.63, 3.8) is 0 Å². The van der Waals surface area contributed by atoms with Gasteiger partial charge in [0.15, 0.2) is 5.69 Å². The first-order chi connectivity index (χ1) is 21.8. The Morgan fingerprint density at radius 3 is 2.36 bits per heavy atom. The van der Waals surface area contributed by atoms with Crippen molar-refractivity contribution in [1.82, 2.24) is 19.4 Å². The lowest BCUT2D eigenvalue weighted by Crippen LogP contribution is -2.59. The first-order valence-corrected chi connectivity index (χ1v) is 17.6. The van der Waals surface area contributed by atoms with Crippen LogP contribution in [0.15, 0.2) is 34.2 Å². The molecule has 0 radical (unpaired) electrons. The number of carbonyl (C=O) groups is 1. The Hall–Kier alpha value is -2.78. The lowest BCUT2D eigenvalue weighted by molar-refractivity contribution is -0.136. The van der Waals surface area contributed by atoms with Gasteiger partial charge in [0.1, 0.15) is 12.3 Å². The molecule has 9 heteroatoms. The first kappa shape index (κ1) is 32.2. The minimum absolute atomic E-state index is 0.0741. The van der Waals surface area contributed by atoms with Gasteiger partial charge >= 0.3 is 5.97 Å². The second kappa shape index (κ2) is 14.3. The zero-order valence-electron chi connectivity index (χ0n) is 27.6. The SMILES string of the molecule is CCC1CC2CC(C1)CC(N1C3CCCC1CC(n1c(=O)c(/C(CCC(=O)O)=N/OCCCN(C)C)nc4ccccc41)C3)C2. The highest BCUT2D eigenvalue weighted by Gasteiger charge is 2.46. The molecular formula is C36H53N5O4. The van der Waals surface area contributed by atoms with E-state index in [2.05, 4.69) is 21.9 Å². The molecule has 4 bridgehead atoms. The molecule has 2 aliphatic carbocycles. The van der Waals surface area contributed by atoms with Gasteiger partial charge in [0, 0.05) is 37.1 Å². The average molecular weight is 620 g/mol. The Morgan fingerprint density at radius 1 is 0.978 bits per heavy atom. The van der Waals surface area contributed by atoms with E-state index in [1.165, 1.54) is 57.8 Å². The van der Waals surface area contributed by atoms with Crippen LogP contribution in [-0.4, -0.2) is 81.5 Å². The van der Waals surface area contributed by atoms with E-state index in [4.69, 9.17) is 9.82 Å². The number of fused-ring (bicyclic) bond motifs is 5. The van der Waals surface area contributed by atoms with Crippen molar-refractivity contribution in [1.29, 1.82) is 0 Å². The van der Waals surface area contributed by atoms with E-state index in [0.29, 0.717) is 30.4 Å². The maximum atomic E-state index is 14.4. The highest BCUT2D eigenvalue weighted by molar-refractivity contribution is 6.00. The third-order valence-corrected chi connectivity index (χ3v) is 11.2. The molecule has 9 nitrogen and oxygen atoms in total. The summed E-state index contributed by atoms with van der Waals surface area (Å²) in [6, 6.07) is 9.63. The molecule has 1 aromatic carbocycles. The van der Waals surface area contributed by atoms with Crippen LogP contribution in [0.25, 0.3) is 11.0 Å². The van der Waals surface area contributed by atoms with Gasteiger partial charge in [-0.3, -0.25) is 14.5 Å². The van der Waals surface area contributed by atoms with Gasteiger partial charge in [-0.15, -0.1) is 0 Å². The van der Waals surface area contributed by atoms with Crippen molar-refractivity contribution in [2.75, 3.05) is 27.2 Å². The molecule has 2 aromatic rings. The van der Waals surface area contributed by atoms with Gasteiger partial charge in [-0.2, -0.15) is 0 Å². The Morgan fingerprint density at radius 2 is 1.69 bits per heavy atom. The number of para-hydroxylation sites is 2. The maximum Gasteiger partial charge on any atom is 0.303 e. The van der Waals surface area contributed by atoms with E-state index < -0.39 is 5.97 Å². The van der Waals surface area contributed by atoms with Crippen LogP contribution in [0, 0.1) is 17.8 Å². The van der Waals surface area contributed by atoms with Crippen molar-refractivity contribution in [3.05, 3.63) is 40.3 Å². The largest absolute Gasteiger partial charge is 0.481 e. The minimum atomic E-state index is -0.936. The fraction of sp³-hybridized carbons (Fsp3) is 0.722. The molecule has 45 heavy (non-hydrogen) atoms. The predicted octanol–water partition coefficient (Wildman–Crippen LogP) is 6.10. The second-order valence-electron chi connectivity index (χ2n) is 14.7. The Kier molecular flexibility index (Phi) is 10.2. The monoisotopic (exact) mass is 619 g/mol. The number of oxime groups is 1. The average Bonchev–Trinajstić information content (AvgIpc) is 3.00. The topological polar surface area (TPSA) is 100 Å². The molecule has 0 spiro atoms. The van der Waals surface area contributed by atoms with E-state index in [1.54, 1.807) is 0 Å². The van der Waals surface area contributed by atoms with Crippen LogP contribution >= 0.6 is 0 Å². The number of hydrogen-bond acceptors (Lipinski definition) is 7. The van der Waals surface area contributed by atoms with Gasteiger partial charge < -0.3 is 19.4 Å². The molecule has 4 atom stereocenters. The molecule has 6 rings (SSSR count). The molecule has 2 saturated carbocycles. The molecule has 0 amide bonds. The van der Waals surface area contributed by atoms with Gasteiger partial charge in [0.2, 0.25) is 0 Å². The van der Waals surface area contributed by atoms with Crippen molar-refractivity contribution >= 4 is 22.7 Å². The molecule has 2 aliphatic heterocycles. The van der Waals surface area contributed by atoms with E-state index in [9.17, 15) is 14.7 Å². The Balaban J connectivity index is 1.29. The van der Waals surface area contributed by atoms with Crippen LogP contribution in [0.3, 0.4) is 0 Å². The van der Waals surface area contributed by atoms with Crippen LogP contribution in [0.4, 0.5) is 0 Å². The number of aliphatic carboxylic acids is 1. The van der Waals surface area contributed by atoms with E-state index in [0.717, 1.165) is 54.6 Å². The van der Waals surface area contributed by atoms with Crippen LogP contribution in [0.5, 0.6) is 0 Å². The summed E-state index contributed by atoms with van der Waals surface area (Å²) in [6.45, 7) is 3.61. The Labute approximate surface area is 268 Å². The highest BCUT2D eigenvalue weighted by Crippen LogP contribution is 2.49. The van der Waals surface area contributed by atoms with Crippen LogP contribution in [0.2, 0.25) is 0 Å². The van der Waals surface area contributed by atoms with Crippen LogP contribution < -0.4 is 5.56 Å². The summed E-state index contributed by atoms with van der Waals surface area (Å²) in [6.07, 6.45) is 14.6. The summed E-state index contributed by atoms with van der Waals surface area (Å²) in [7, 11) is 4.01. The molecule has 4 fully saturated rings. The van der Waals surface area contributed by atoms with Crippen LogP contribution in [0.1, 0.15) is 109 Å². The number of hydrogen-bond donors (Lipinski definition) is 1. The maximum absolute atomic E-state index is 14.4. The third-order valence-electron chi connectivity index (χ3n) is 11.2.